The van der Waals surface area contributed by atoms with Gasteiger partial charge in [-0.2, -0.15) is 0 Å². The fraction of sp³-hybridized carbons (Fsp3) is 0.714. The molecule has 2 aromatic rings. The zero-order chi connectivity index (χ0) is 34.1. The van der Waals surface area contributed by atoms with Gasteiger partial charge in [0.2, 0.25) is 0 Å². The predicted octanol–water partition coefficient (Wildman–Crippen LogP) is 14.8. The summed E-state index contributed by atoms with van der Waals surface area (Å²) in [5.74, 6) is 0. The van der Waals surface area contributed by atoms with Crippen LogP contribution in [-0.2, 0) is 32.5 Å². The van der Waals surface area contributed by atoms with Gasteiger partial charge in [0, 0.05) is 8.95 Å². The summed E-state index contributed by atoms with van der Waals surface area (Å²) in [6.45, 7) is 37.9. The van der Waals surface area contributed by atoms with Gasteiger partial charge in [-0.05, 0) is 90.8 Å². The Morgan fingerprint density at radius 1 is 0.386 bits per heavy atom. The molecule has 0 aliphatic rings. The minimum Gasteiger partial charge on any atom is -0.0561 e. The molecule has 0 nitrogen and oxygen atoms in total. The van der Waals surface area contributed by atoms with Gasteiger partial charge in [0.1, 0.15) is 0 Å². The zero-order valence-electron chi connectivity index (χ0n) is 31.7. The second-order valence-electron chi connectivity index (χ2n) is 19.2. The van der Waals surface area contributed by atoms with E-state index in [1.807, 2.05) is 0 Å². The van der Waals surface area contributed by atoms with E-state index in [-0.39, 0.29) is 32.5 Å². The number of rotatable bonds is 11. The van der Waals surface area contributed by atoms with E-state index in [9.17, 15) is 0 Å². The van der Waals surface area contributed by atoms with Crippen LogP contribution in [0.1, 0.15) is 196 Å². The molecule has 0 unspecified atom stereocenters. The van der Waals surface area contributed by atoms with Crippen LogP contribution in [-0.4, -0.2) is 0 Å². The summed E-state index contributed by atoms with van der Waals surface area (Å²) in [5, 5.41) is 0. The van der Waals surface area contributed by atoms with Crippen LogP contribution in [0.4, 0.5) is 0 Å². The van der Waals surface area contributed by atoms with Crippen molar-refractivity contribution in [2.45, 2.75) is 195 Å². The lowest BCUT2D eigenvalue weighted by Gasteiger charge is -2.36. The van der Waals surface area contributed by atoms with Crippen LogP contribution in [0.25, 0.3) is 0 Å². The van der Waals surface area contributed by atoms with Gasteiger partial charge in [-0.15, -0.1) is 0 Å². The fourth-order valence-electron chi connectivity index (χ4n) is 6.73. The second kappa shape index (κ2) is 14.3. The van der Waals surface area contributed by atoms with Crippen LogP contribution in [0.15, 0.2) is 33.2 Å². The predicted molar refractivity (Wildman–Crippen MR) is 206 cm³/mol. The molecule has 0 saturated carbocycles. The second-order valence-corrected chi connectivity index (χ2v) is 20.9. The topological polar surface area (TPSA) is 0 Å². The lowest BCUT2D eigenvalue weighted by Crippen LogP contribution is -2.27. The molecule has 0 N–H and O–H groups in total. The third kappa shape index (κ3) is 10.5. The Kier molecular flexibility index (Phi) is 12.8. The van der Waals surface area contributed by atoms with Crippen molar-refractivity contribution in [3.05, 3.63) is 66.6 Å². The summed E-state index contributed by atoms with van der Waals surface area (Å²) in [7, 11) is 0. The summed E-state index contributed by atoms with van der Waals surface area (Å²) in [5.41, 5.74) is 9.65. The Morgan fingerprint density at radius 2 is 0.659 bits per heavy atom. The van der Waals surface area contributed by atoms with Crippen molar-refractivity contribution in [3.8, 4) is 0 Å². The van der Waals surface area contributed by atoms with Crippen molar-refractivity contribution in [3.63, 3.8) is 0 Å². The zero-order valence-corrected chi connectivity index (χ0v) is 34.9. The van der Waals surface area contributed by atoms with Crippen molar-refractivity contribution in [2.75, 3.05) is 0 Å². The third-order valence-electron chi connectivity index (χ3n) is 9.74. The van der Waals surface area contributed by atoms with Crippen LogP contribution in [0.3, 0.4) is 0 Å². The lowest BCUT2D eigenvalue weighted by atomic mass is 9.70. The first-order chi connectivity index (χ1) is 19.7. The summed E-state index contributed by atoms with van der Waals surface area (Å²) < 4.78 is 2.58. The Balaban J connectivity index is 2.00. The molecular weight excluding hydrogens is 664 g/mol. The molecule has 0 aliphatic heterocycles. The molecule has 2 aromatic carbocycles. The molecule has 0 bridgehead atoms. The molecule has 0 spiro atoms. The molecule has 0 saturated heterocycles. The SMILES string of the molecule is CC(C)(C)c1cc(Br)c(C(C)(C)CCCCCCCCC(C)(C)c2c(Br)cc(C(C)(C)C)cc2C(C)(C)C)c(C(C)(C)C)c1. The number of hydrogen-bond donors (Lipinski definition) is 0. The third-order valence-corrected chi connectivity index (χ3v) is 11.0. The van der Waals surface area contributed by atoms with Crippen LogP contribution < -0.4 is 0 Å². The first-order valence-electron chi connectivity index (χ1n) is 17.4. The lowest BCUT2D eigenvalue weighted by molar-refractivity contribution is 0.414. The average Bonchev–Trinajstić information content (AvgIpc) is 2.82. The molecule has 250 valence electrons. The van der Waals surface area contributed by atoms with E-state index < -0.39 is 0 Å². The number of unbranched alkanes of at least 4 members (excludes halogenated alkanes) is 5. The van der Waals surface area contributed by atoms with Gasteiger partial charge in [0.05, 0.1) is 0 Å². The number of halogens is 2. The quantitative estimate of drug-likeness (QED) is 0.202. The normalized spacial score (nSPS) is 14.0. The molecule has 44 heavy (non-hydrogen) atoms. The fourth-order valence-corrected chi connectivity index (χ4v) is 8.72. The molecule has 2 heteroatoms. The highest BCUT2D eigenvalue weighted by Gasteiger charge is 2.33. The molecule has 0 radical (unpaired) electrons. The average molecular weight is 733 g/mol. The monoisotopic (exact) mass is 730 g/mol. The highest BCUT2D eigenvalue weighted by atomic mass is 79.9. The molecule has 0 aromatic heterocycles. The van der Waals surface area contributed by atoms with Crippen LogP contribution in [0.2, 0.25) is 0 Å². The molecule has 0 heterocycles. The molecule has 2 rings (SSSR count). The first kappa shape index (κ1) is 39.6. The van der Waals surface area contributed by atoms with Gasteiger partial charge in [-0.1, -0.05) is 193 Å². The number of hydrogen-bond acceptors (Lipinski definition) is 0. The van der Waals surface area contributed by atoms with E-state index >= 15 is 0 Å². The van der Waals surface area contributed by atoms with Crippen molar-refractivity contribution >= 4 is 31.9 Å². The molecule has 0 atom stereocenters. The Hall–Kier alpha value is -0.600. The van der Waals surface area contributed by atoms with Gasteiger partial charge < -0.3 is 0 Å². The highest BCUT2D eigenvalue weighted by Crippen LogP contribution is 2.45. The Morgan fingerprint density at radius 3 is 0.909 bits per heavy atom. The highest BCUT2D eigenvalue weighted by molar-refractivity contribution is 9.10. The minimum absolute atomic E-state index is 0.113. The molecule has 0 aliphatic carbocycles. The standard InChI is InChI=1S/C42H68Br2/c1-37(2,3)29-25-31(39(7,8)9)35(33(43)27-29)41(13,14)23-21-19-17-18-20-22-24-42(15,16)36-32(40(10,11)12)26-30(28-34(36)44)38(4,5)6/h25-28H,17-24H2,1-16H3. The minimum atomic E-state index is 0.113. The summed E-state index contributed by atoms with van der Waals surface area (Å²) in [6, 6.07) is 9.75. The van der Waals surface area contributed by atoms with Crippen molar-refractivity contribution in [1.82, 2.24) is 0 Å². The van der Waals surface area contributed by atoms with Crippen molar-refractivity contribution in [1.29, 1.82) is 0 Å². The first-order valence-corrected chi connectivity index (χ1v) is 19.0. The number of benzene rings is 2. The van der Waals surface area contributed by atoms with E-state index in [1.54, 1.807) is 0 Å². The van der Waals surface area contributed by atoms with E-state index in [1.165, 1.54) is 93.7 Å². The van der Waals surface area contributed by atoms with E-state index in [0.717, 1.165) is 0 Å². The van der Waals surface area contributed by atoms with Crippen LogP contribution in [0.5, 0.6) is 0 Å². The van der Waals surface area contributed by atoms with Gasteiger partial charge in [0.25, 0.3) is 0 Å². The van der Waals surface area contributed by atoms with Gasteiger partial charge in [-0.25, -0.2) is 0 Å². The maximum Gasteiger partial charge on any atom is 0.0218 e. The summed E-state index contributed by atoms with van der Waals surface area (Å²) >= 11 is 8.06. The Labute approximate surface area is 291 Å². The van der Waals surface area contributed by atoms with Gasteiger partial charge >= 0.3 is 0 Å². The van der Waals surface area contributed by atoms with Gasteiger partial charge in [-0.3, -0.25) is 0 Å². The molecule has 0 fully saturated rings. The maximum atomic E-state index is 4.03. The van der Waals surface area contributed by atoms with Crippen molar-refractivity contribution in [2.24, 2.45) is 0 Å². The van der Waals surface area contributed by atoms with Crippen LogP contribution >= 0.6 is 31.9 Å². The molecular formula is C42H68Br2. The van der Waals surface area contributed by atoms with Crippen molar-refractivity contribution < 1.29 is 0 Å². The largest absolute Gasteiger partial charge is 0.0561 e. The smallest absolute Gasteiger partial charge is 0.0218 e. The summed E-state index contributed by atoms with van der Waals surface area (Å²) in [6.07, 6.45) is 10.4. The van der Waals surface area contributed by atoms with E-state index in [2.05, 4.69) is 167 Å². The van der Waals surface area contributed by atoms with Crippen LogP contribution in [0, 0.1) is 0 Å². The molecule has 0 amide bonds. The van der Waals surface area contributed by atoms with E-state index in [0.29, 0.717) is 0 Å². The van der Waals surface area contributed by atoms with Gasteiger partial charge in [0.15, 0.2) is 0 Å². The Bertz CT molecular complexity index is 1150. The maximum absolute atomic E-state index is 4.03. The van der Waals surface area contributed by atoms with E-state index in [4.69, 9.17) is 0 Å². The summed E-state index contributed by atoms with van der Waals surface area (Å²) in [4.78, 5) is 0.